The third-order valence-electron chi connectivity index (χ3n) is 4.28. The average Bonchev–Trinajstić information content (AvgIpc) is 3.15. The first kappa shape index (κ1) is 20.9. The smallest absolute Gasteiger partial charge is 0.227 e. The number of ether oxygens (including phenoxy) is 1. The molecule has 0 spiro atoms. The number of benzene rings is 3. The van der Waals surface area contributed by atoms with E-state index in [9.17, 15) is 5.11 Å². The lowest BCUT2D eigenvalue weighted by Crippen LogP contribution is -1.95. The number of phenolic OH excluding ortho intramolecular Hbond substituents is 1. The Morgan fingerprint density at radius 1 is 1.20 bits per heavy atom. The predicted molar refractivity (Wildman–Crippen MR) is 126 cm³/mol. The normalized spacial score (nSPS) is 11.5. The Kier molecular flexibility index (Phi) is 6.13. The molecule has 4 aromatic rings. The fourth-order valence-electron chi connectivity index (χ4n) is 2.88. The number of aromatic nitrogens is 1. The van der Waals surface area contributed by atoms with E-state index in [1.807, 2.05) is 31.2 Å². The van der Waals surface area contributed by atoms with Gasteiger partial charge in [-0.3, -0.25) is 4.99 Å². The number of rotatable bonds is 5. The number of phenols is 1. The first-order valence-electron chi connectivity index (χ1n) is 9.00. The lowest BCUT2D eigenvalue weighted by molar-refractivity contribution is 0.317. The minimum absolute atomic E-state index is 0.0164. The van der Waals surface area contributed by atoms with Crippen LogP contribution in [0, 0.1) is 0 Å². The Morgan fingerprint density at radius 3 is 2.83 bits per heavy atom. The number of aliphatic imine (C=N–C) groups is 1. The third-order valence-corrected chi connectivity index (χ3v) is 6.52. The molecule has 0 saturated heterocycles. The van der Waals surface area contributed by atoms with Crippen molar-refractivity contribution in [1.29, 1.82) is 0 Å². The van der Waals surface area contributed by atoms with Gasteiger partial charge in [0.05, 0.1) is 17.9 Å². The van der Waals surface area contributed by atoms with E-state index in [4.69, 9.17) is 20.8 Å². The summed E-state index contributed by atoms with van der Waals surface area (Å²) in [7, 11) is 0. The van der Waals surface area contributed by atoms with Crippen LogP contribution < -0.4 is 4.74 Å². The summed E-state index contributed by atoms with van der Waals surface area (Å²) >= 11 is 13.0. The molecule has 0 fully saturated rings. The second kappa shape index (κ2) is 8.79. The molecule has 0 saturated carbocycles. The van der Waals surface area contributed by atoms with Crippen LogP contribution in [-0.2, 0) is 0 Å². The monoisotopic (exact) mass is 548 g/mol. The van der Waals surface area contributed by atoms with Crippen molar-refractivity contribution in [1.82, 2.24) is 4.98 Å². The molecule has 1 N–H and O–H groups in total. The zero-order valence-corrected chi connectivity index (χ0v) is 19.6. The highest BCUT2D eigenvalue weighted by Crippen LogP contribution is 2.40. The summed E-state index contributed by atoms with van der Waals surface area (Å²) in [5.74, 6) is 0.880. The highest BCUT2D eigenvalue weighted by atomic mass is 79.9. The highest BCUT2D eigenvalue weighted by Gasteiger charge is 2.15. The maximum Gasteiger partial charge on any atom is 0.227 e. The molecule has 0 unspecified atom stereocenters. The van der Waals surface area contributed by atoms with Gasteiger partial charge in [0.15, 0.2) is 17.1 Å². The van der Waals surface area contributed by atoms with Gasteiger partial charge in [0.2, 0.25) is 5.89 Å². The van der Waals surface area contributed by atoms with E-state index < -0.39 is 0 Å². The summed E-state index contributed by atoms with van der Waals surface area (Å²) in [6.45, 7) is 2.30. The largest absolute Gasteiger partial charge is 0.504 e. The minimum atomic E-state index is 0.0164. The molecule has 30 heavy (non-hydrogen) atoms. The van der Waals surface area contributed by atoms with Crippen LogP contribution in [0.4, 0.5) is 5.69 Å². The van der Waals surface area contributed by atoms with Crippen molar-refractivity contribution in [2.24, 2.45) is 4.99 Å². The number of halogens is 3. The molecule has 8 heteroatoms. The Hall–Kier alpha value is -2.35. The van der Waals surface area contributed by atoms with E-state index in [1.165, 1.54) is 0 Å². The van der Waals surface area contributed by atoms with Crippen molar-refractivity contribution in [3.63, 3.8) is 0 Å². The average molecular weight is 551 g/mol. The lowest BCUT2D eigenvalue weighted by atomic mass is 10.2. The number of hydrogen-bond donors (Lipinski definition) is 1. The van der Waals surface area contributed by atoms with E-state index in [-0.39, 0.29) is 5.75 Å². The fourth-order valence-corrected chi connectivity index (χ4v) is 3.87. The topological polar surface area (TPSA) is 67.9 Å². The minimum Gasteiger partial charge on any atom is -0.504 e. The Bertz CT molecular complexity index is 1270. The lowest BCUT2D eigenvalue weighted by Gasteiger charge is -2.11. The molecule has 1 aromatic heterocycles. The van der Waals surface area contributed by atoms with Gasteiger partial charge in [-0.05, 0) is 81.2 Å². The van der Waals surface area contributed by atoms with Crippen LogP contribution in [0.15, 0.2) is 66.9 Å². The van der Waals surface area contributed by atoms with E-state index in [1.54, 1.807) is 30.5 Å². The Balaban J connectivity index is 1.69. The van der Waals surface area contributed by atoms with Gasteiger partial charge in [-0.1, -0.05) is 17.7 Å². The second-order valence-corrected chi connectivity index (χ2v) is 8.39. The van der Waals surface area contributed by atoms with Crippen molar-refractivity contribution >= 4 is 66.5 Å². The molecule has 0 aliphatic heterocycles. The molecule has 4 rings (SSSR count). The second-order valence-electron chi connectivity index (χ2n) is 6.31. The first-order valence-corrected chi connectivity index (χ1v) is 11.0. The first-order chi connectivity index (χ1) is 14.5. The molecule has 3 aromatic carbocycles. The van der Waals surface area contributed by atoms with Crippen LogP contribution in [-0.4, -0.2) is 22.9 Å². The summed E-state index contributed by atoms with van der Waals surface area (Å²) in [5, 5.41) is 11.1. The number of nitrogens with zero attached hydrogens (tertiary/aromatic N) is 2. The van der Waals surface area contributed by atoms with Crippen molar-refractivity contribution in [2.75, 3.05) is 6.61 Å². The Labute approximate surface area is 194 Å². The fraction of sp³-hybridized carbons (Fsp3) is 0.0909. The summed E-state index contributed by atoms with van der Waals surface area (Å²) in [6.07, 6.45) is 1.58. The zero-order valence-electron chi connectivity index (χ0n) is 15.7. The van der Waals surface area contributed by atoms with Gasteiger partial charge in [-0.2, -0.15) is 0 Å². The maximum atomic E-state index is 10.5. The van der Waals surface area contributed by atoms with Gasteiger partial charge < -0.3 is 14.3 Å². The molecule has 0 amide bonds. The van der Waals surface area contributed by atoms with Crippen molar-refractivity contribution < 1.29 is 14.3 Å². The number of oxazole rings is 1. The molecular weight excluding hydrogens is 536 g/mol. The number of aromatic hydroxyl groups is 1. The molecule has 0 bridgehead atoms. The molecule has 5 nitrogen and oxygen atoms in total. The van der Waals surface area contributed by atoms with Crippen LogP contribution in [0.1, 0.15) is 12.5 Å². The van der Waals surface area contributed by atoms with E-state index in [2.05, 4.69) is 41.8 Å². The number of fused-ring (bicyclic) bond motifs is 1. The van der Waals surface area contributed by atoms with Gasteiger partial charge in [0.25, 0.3) is 0 Å². The van der Waals surface area contributed by atoms with Crippen LogP contribution in [0.3, 0.4) is 0 Å². The maximum absolute atomic E-state index is 10.5. The molecule has 0 aliphatic carbocycles. The molecule has 0 radical (unpaired) electrons. The SMILES string of the molecule is CCOc1cc(Br)c(Br)c(C=Nc2cccc(-c3nc4cc(Cl)ccc4o3)c2)c1O. The standard InChI is InChI=1S/C22H15Br2ClN2O3/c1-2-29-19-10-16(23)20(24)15(21(19)28)11-26-14-5-3-4-12(8-14)22-27-17-9-13(25)6-7-18(17)30-22/h3-11,28H,2H2,1H3. The van der Waals surface area contributed by atoms with Crippen LogP contribution in [0.5, 0.6) is 11.5 Å². The van der Waals surface area contributed by atoms with E-state index in [0.29, 0.717) is 50.1 Å². The van der Waals surface area contributed by atoms with Crippen molar-refractivity contribution in [3.8, 4) is 23.0 Å². The third kappa shape index (κ3) is 4.24. The predicted octanol–water partition coefficient (Wildman–Crippen LogP) is 7.53. The van der Waals surface area contributed by atoms with Crippen molar-refractivity contribution in [3.05, 3.63) is 68.1 Å². The quantitative estimate of drug-likeness (QED) is 0.261. The van der Waals surface area contributed by atoms with Gasteiger partial charge in [-0.15, -0.1) is 0 Å². The van der Waals surface area contributed by atoms with E-state index >= 15 is 0 Å². The molecular formula is C22H15Br2ClN2O3. The molecule has 0 aliphatic rings. The zero-order chi connectivity index (χ0) is 21.3. The number of hydrogen-bond acceptors (Lipinski definition) is 5. The molecule has 152 valence electrons. The van der Waals surface area contributed by atoms with Crippen LogP contribution in [0.25, 0.3) is 22.6 Å². The van der Waals surface area contributed by atoms with Crippen LogP contribution in [0.2, 0.25) is 5.02 Å². The van der Waals surface area contributed by atoms with Crippen LogP contribution >= 0.6 is 43.5 Å². The summed E-state index contributed by atoms with van der Waals surface area (Å²) in [6, 6.07) is 14.5. The van der Waals surface area contributed by atoms with Crippen molar-refractivity contribution in [2.45, 2.75) is 6.92 Å². The highest BCUT2D eigenvalue weighted by molar-refractivity contribution is 9.13. The molecule has 0 atom stereocenters. The summed E-state index contributed by atoms with van der Waals surface area (Å²) in [5.41, 5.74) is 3.32. The van der Waals surface area contributed by atoms with Gasteiger partial charge in [0, 0.05) is 25.7 Å². The summed E-state index contributed by atoms with van der Waals surface area (Å²) < 4.78 is 12.8. The molecule has 1 heterocycles. The van der Waals surface area contributed by atoms with Gasteiger partial charge in [0.1, 0.15) is 5.52 Å². The van der Waals surface area contributed by atoms with Gasteiger partial charge >= 0.3 is 0 Å². The summed E-state index contributed by atoms with van der Waals surface area (Å²) in [4.78, 5) is 9.01. The Morgan fingerprint density at radius 2 is 2.03 bits per heavy atom. The van der Waals surface area contributed by atoms with E-state index in [0.717, 1.165) is 10.0 Å². The van der Waals surface area contributed by atoms with Gasteiger partial charge in [-0.25, -0.2) is 4.98 Å².